The Morgan fingerprint density at radius 2 is 2.06 bits per heavy atom. The summed E-state index contributed by atoms with van der Waals surface area (Å²) in [6.07, 6.45) is 2.84. The van der Waals surface area contributed by atoms with Crippen molar-refractivity contribution in [3.05, 3.63) is 35.9 Å². The van der Waals surface area contributed by atoms with Gasteiger partial charge >= 0.3 is 5.97 Å². The molecule has 0 spiro atoms. The highest BCUT2D eigenvalue weighted by molar-refractivity contribution is 5.87. The number of carbonyl (C=O) groups excluding carboxylic acids is 1. The van der Waals surface area contributed by atoms with Gasteiger partial charge in [0.05, 0.1) is 6.61 Å². The maximum Gasteiger partial charge on any atom is 0.331 e. The van der Waals surface area contributed by atoms with Gasteiger partial charge < -0.3 is 15.2 Å². The molecule has 0 fully saturated rings. The fraction of sp³-hybridized carbons (Fsp3) is 0.357. The molecule has 98 valence electrons. The third-order valence-electron chi connectivity index (χ3n) is 2.22. The first-order chi connectivity index (χ1) is 8.61. The number of nitrogens with two attached hydrogens (primary N) is 1. The fourth-order valence-corrected chi connectivity index (χ4v) is 1.33. The molecule has 1 rings (SSSR count). The van der Waals surface area contributed by atoms with Crippen LogP contribution in [0.4, 0.5) is 5.69 Å². The number of anilines is 1. The van der Waals surface area contributed by atoms with Crippen molar-refractivity contribution in [1.82, 2.24) is 0 Å². The van der Waals surface area contributed by atoms with Gasteiger partial charge in [0, 0.05) is 18.4 Å². The molecule has 1 unspecified atom stereocenters. The minimum Gasteiger partial charge on any atom is -0.457 e. The van der Waals surface area contributed by atoms with Crippen LogP contribution in [0.2, 0.25) is 0 Å². The molecule has 2 N–H and O–H groups in total. The third-order valence-corrected chi connectivity index (χ3v) is 2.22. The van der Waals surface area contributed by atoms with Crippen molar-refractivity contribution >= 4 is 17.7 Å². The Morgan fingerprint density at radius 3 is 2.67 bits per heavy atom. The van der Waals surface area contributed by atoms with Crippen molar-refractivity contribution in [2.75, 3.05) is 18.9 Å². The molecule has 0 aromatic heterocycles. The predicted octanol–water partition coefficient (Wildman–Crippen LogP) is 2.25. The molecular weight excluding hydrogens is 230 g/mol. The first-order valence-corrected chi connectivity index (χ1v) is 5.93. The van der Waals surface area contributed by atoms with Gasteiger partial charge in [-0.1, -0.05) is 12.1 Å². The first-order valence-electron chi connectivity index (χ1n) is 5.93. The van der Waals surface area contributed by atoms with Crippen molar-refractivity contribution in [2.24, 2.45) is 0 Å². The number of nitrogen functional groups attached to an aromatic ring is 1. The number of carbonyl (C=O) groups is 1. The molecule has 0 aliphatic rings. The van der Waals surface area contributed by atoms with Crippen LogP contribution in [0.3, 0.4) is 0 Å². The van der Waals surface area contributed by atoms with Crippen LogP contribution in [0.15, 0.2) is 30.3 Å². The molecule has 4 nitrogen and oxygen atoms in total. The lowest BCUT2D eigenvalue weighted by molar-refractivity contribution is -0.144. The molecule has 18 heavy (non-hydrogen) atoms. The Kier molecular flexibility index (Phi) is 5.94. The Balaban J connectivity index is 2.41. The second kappa shape index (κ2) is 7.50. The number of hydrogen-bond donors (Lipinski definition) is 1. The van der Waals surface area contributed by atoms with Gasteiger partial charge in [-0.2, -0.15) is 0 Å². The van der Waals surface area contributed by atoms with Crippen LogP contribution in [0.5, 0.6) is 0 Å². The van der Waals surface area contributed by atoms with Crippen LogP contribution in [0, 0.1) is 0 Å². The van der Waals surface area contributed by atoms with Gasteiger partial charge in [0.2, 0.25) is 0 Å². The molecule has 1 atom stereocenters. The van der Waals surface area contributed by atoms with E-state index in [9.17, 15) is 4.79 Å². The molecule has 1 aromatic rings. The van der Waals surface area contributed by atoms with E-state index >= 15 is 0 Å². The fourth-order valence-electron chi connectivity index (χ4n) is 1.33. The second-order valence-electron chi connectivity index (χ2n) is 3.91. The highest BCUT2D eigenvalue weighted by Gasteiger charge is 2.06. The van der Waals surface area contributed by atoms with E-state index in [1.807, 2.05) is 19.1 Å². The summed E-state index contributed by atoms with van der Waals surface area (Å²) in [6, 6.07) is 7.23. The van der Waals surface area contributed by atoms with E-state index in [1.54, 1.807) is 25.1 Å². The van der Waals surface area contributed by atoms with Gasteiger partial charge in [0.1, 0.15) is 6.10 Å². The highest BCUT2D eigenvalue weighted by atomic mass is 16.6. The number of rotatable bonds is 6. The first kappa shape index (κ1) is 14.3. The summed E-state index contributed by atoms with van der Waals surface area (Å²) in [5.74, 6) is -0.376. The molecular formula is C14H19NO3. The Bertz CT molecular complexity index is 398. The topological polar surface area (TPSA) is 61.5 Å². The van der Waals surface area contributed by atoms with E-state index in [1.165, 1.54) is 6.08 Å². The molecule has 0 heterocycles. The smallest absolute Gasteiger partial charge is 0.331 e. The van der Waals surface area contributed by atoms with E-state index in [-0.39, 0.29) is 12.1 Å². The maximum atomic E-state index is 11.5. The zero-order valence-electron chi connectivity index (χ0n) is 10.8. The van der Waals surface area contributed by atoms with Gasteiger partial charge in [-0.05, 0) is 37.6 Å². The number of hydrogen-bond acceptors (Lipinski definition) is 4. The van der Waals surface area contributed by atoms with Gasteiger partial charge in [-0.15, -0.1) is 0 Å². The molecule has 0 radical (unpaired) electrons. The monoisotopic (exact) mass is 249 g/mol. The van der Waals surface area contributed by atoms with Crippen LogP contribution in [-0.4, -0.2) is 25.3 Å². The summed E-state index contributed by atoms with van der Waals surface area (Å²) in [7, 11) is 0. The minimum absolute atomic E-state index is 0.242. The van der Waals surface area contributed by atoms with Gasteiger partial charge in [0.15, 0.2) is 0 Å². The van der Waals surface area contributed by atoms with Gasteiger partial charge in [-0.3, -0.25) is 0 Å². The predicted molar refractivity (Wildman–Crippen MR) is 71.9 cm³/mol. The van der Waals surface area contributed by atoms with E-state index < -0.39 is 0 Å². The molecule has 0 aliphatic carbocycles. The SMILES string of the molecule is CCOCC(C)OC(=O)/C=C/c1ccc(N)cc1. The van der Waals surface area contributed by atoms with Gasteiger partial charge in [-0.25, -0.2) is 4.79 Å². The zero-order valence-corrected chi connectivity index (χ0v) is 10.8. The minimum atomic E-state index is -0.376. The summed E-state index contributed by atoms with van der Waals surface area (Å²) >= 11 is 0. The van der Waals surface area contributed by atoms with Crippen molar-refractivity contribution in [2.45, 2.75) is 20.0 Å². The van der Waals surface area contributed by atoms with Crippen molar-refractivity contribution in [3.63, 3.8) is 0 Å². The van der Waals surface area contributed by atoms with Crippen LogP contribution >= 0.6 is 0 Å². The summed E-state index contributed by atoms with van der Waals surface area (Å²) in [6.45, 7) is 4.72. The van der Waals surface area contributed by atoms with E-state index in [2.05, 4.69) is 0 Å². The molecule has 1 aromatic carbocycles. The van der Waals surface area contributed by atoms with Crippen LogP contribution in [-0.2, 0) is 14.3 Å². The van der Waals surface area contributed by atoms with Crippen molar-refractivity contribution in [3.8, 4) is 0 Å². The van der Waals surface area contributed by atoms with Crippen molar-refractivity contribution in [1.29, 1.82) is 0 Å². The van der Waals surface area contributed by atoms with E-state index in [0.717, 1.165) is 5.56 Å². The standard InChI is InChI=1S/C14H19NO3/c1-3-17-10-11(2)18-14(16)9-6-12-4-7-13(15)8-5-12/h4-9,11H,3,10,15H2,1-2H3/b9-6+. The second-order valence-corrected chi connectivity index (χ2v) is 3.91. The van der Waals surface area contributed by atoms with E-state index in [0.29, 0.717) is 18.9 Å². The van der Waals surface area contributed by atoms with Crippen LogP contribution in [0.1, 0.15) is 19.4 Å². The Morgan fingerprint density at radius 1 is 1.39 bits per heavy atom. The number of benzene rings is 1. The Labute approximate surface area is 107 Å². The lowest BCUT2D eigenvalue weighted by Crippen LogP contribution is -2.19. The number of ether oxygens (including phenoxy) is 2. The average molecular weight is 249 g/mol. The summed E-state index contributed by atoms with van der Waals surface area (Å²) < 4.78 is 10.3. The van der Waals surface area contributed by atoms with Crippen molar-refractivity contribution < 1.29 is 14.3 Å². The third kappa shape index (κ3) is 5.50. The summed E-state index contributed by atoms with van der Waals surface area (Å²) in [5.41, 5.74) is 7.16. The summed E-state index contributed by atoms with van der Waals surface area (Å²) in [4.78, 5) is 11.5. The highest BCUT2D eigenvalue weighted by Crippen LogP contribution is 2.07. The summed E-state index contributed by atoms with van der Waals surface area (Å²) in [5, 5.41) is 0. The largest absolute Gasteiger partial charge is 0.457 e. The lowest BCUT2D eigenvalue weighted by Gasteiger charge is -2.11. The van der Waals surface area contributed by atoms with Gasteiger partial charge in [0.25, 0.3) is 0 Å². The quantitative estimate of drug-likeness (QED) is 0.477. The molecule has 0 aliphatic heterocycles. The molecule has 0 saturated carbocycles. The Hall–Kier alpha value is -1.81. The van der Waals surface area contributed by atoms with E-state index in [4.69, 9.17) is 15.2 Å². The zero-order chi connectivity index (χ0) is 13.4. The molecule has 4 heteroatoms. The number of esters is 1. The normalized spacial score (nSPS) is 12.6. The molecule has 0 bridgehead atoms. The molecule has 0 saturated heterocycles. The maximum absolute atomic E-state index is 11.5. The lowest BCUT2D eigenvalue weighted by atomic mass is 10.2. The molecule has 0 amide bonds. The average Bonchev–Trinajstić information content (AvgIpc) is 2.35. The van der Waals surface area contributed by atoms with Crippen LogP contribution in [0.25, 0.3) is 6.08 Å². The van der Waals surface area contributed by atoms with Crippen LogP contribution < -0.4 is 5.73 Å².